The smallest absolute Gasteiger partial charge is 0.369 e. The van der Waals surface area contributed by atoms with E-state index in [4.69, 9.17) is 4.74 Å². The molecule has 3 nitrogen and oxygen atoms in total. The molecule has 0 amide bonds. The van der Waals surface area contributed by atoms with Crippen molar-refractivity contribution >= 4 is 14.0 Å². The van der Waals surface area contributed by atoms with E-state index in [-0.39, 0.29) is 12.0 Å². The Balaban J connectivity index is 3.18. The molecule has 0 fully saturated rings. The lowest BCUT2D eigenvalue weighted by Crippen LogP contribution is -2.54. The van der Waals surface area contributed by atoms with Gasteiger partial charge in [0.05, 0.1) is 27.4 Å². The fourth-order valence-electron chi connectivity index (χ4n) is 3.00. The van der Waals surface area contributed by atoms with E-state index in [1.54, 1.807) is 0 Å². The minimum Gasteiger partial charge on any atom is -0.464 e. The summed E-state index contributed by atoms with van der Waals surface area (Å²) in [6.45, 7) is 9.04. The first-order valence-electron chi connectivity index (χ1n) is 7.04. The molecule has 0 aliphatic heterocycles. The Hall–Kier alpha value is -1.13. The highest BCUT2D eigenvalue weighted by atomic mass is 28.3. The predicted molar refractivity (Wildman–Crippen MR) is 86.3 cm³/mol. The molecular weight excluding hydrogens is 266 g/mol. The minimum absolute atomic E-state index is 0.155. The van der Waals surface area contributed by atoms with E-state index >= 15 is 0 Å². The minimum atomic E-state index is -1.29. The summed E-state index contributed by atoms with van der Waals surface area (Å²) in [4.78, 5) is 12.3. The summed E-state index contributed by atoms with van der Waals surface area (Å²) in [6, 6.07) is 7.94. The quantitative estimate of drug-likeness (QED) is 0.474. The second kappa shape index (κ2) is 6.10. The van der Waals surface area contributed by atoms with E-state index in [0.717, 1.165) is 11.7 Å². The maximum atomic E-state index is 12.3. The first kappa shape index (κ1) is 16.9. The number of quaternary nitrogens is 1. The van der Waals surface area contributed by atoms with Crippen LogP contribution >= 0.6 is 0 Å². The van der Waals surface area contributed by atoms with Crippen LogP contribution in [0, 0.1) is 6.92 Å². The van der Waals surface area contributed by atoms with Gasteiger partial charge in [-0.25, -0.2) is 4.79 Å². The van der Waals surface area contributed by atoms with Crippen molar-refractivity contribution in [2.45, 2.75) is 32.6 Å². The summed E-state index contributed by atoms with van der Waals surface area (Å²) in [5.41, 5.74) is 2.23. The third-order valence-corrected chi connectivity index (χ3v) is 5.16. The van der Waals surface area contributed by atoms with Gasteiger partial charge in [0.15, 0.2) is 0 Å². The van der Waals surface area contributed by atoms with Crippen LogP contribution in [0.25, 0.3) is 0 Å². The van der Waals surface area contributed by atoms with Crippen molar-refractivity contribution in [1.29, 1.82) is 0 Å². The van der Waals surface area contributed by atoms with Crippen molar-refractivity contribution in [3.05, 3.63) is 35.4 Å². The number of methoxy groups -OCH3 is 1. The number of hydrogen-bond donors (Lipinski definition) is 0. The molecule has 1 rings (SSSR count). The third-order valence-electron chi connectivity index (χ3n) is 3.40. The average Bonchev–Trinajstić information content (AvgIpc) is 2.28. The molecule has 0 heterocycles. The van der Waals surface area contributed by atoms with Crippen LogP contribution in [0.5, 0.6) is 0 Å². The van der Waals surface area contributed by atoms with Crippen LogP contribution in [0.4, 0.5) is 0 Å². The number of likely N-dealkylation sites (N-methyl/N-ethyl adjacent to an activating group) is 1. The maximum absolute atomic E-state index is 12.3. The SMILES string of the molecule is COC(=O)C(c1ccc(C)cc1)[N+](C)(C)C[Si](C)(C)C. The summed E-state index contributed by atoms with van der Waals surface area (Å²) in [7, 11) is 4.43. The lowest BCUT2D eigenvalue weighted by Gasteiger charge is -2.40. The number of carbonyl (C=O) groups is 1. The second-order valence-corrected chi connectivity index (χ2v) is 12.8. The zero-order valence-corrected chi connectivity index (χ0v) is 14.9. The Bertz CT molecular complexity index is 460. The number of aryl methyl sites for hydroxylation is 1. The van der Waals surface area contributed by atoms with E-state index in [1.807, 2.05) is 12.1 Å². The Labute approximate surface area is 124 Å². The van der Waals surface area contributed by atoms with E-state index < -0.39 is 8.07 Å². The molecule has 0 saturated carbocycles. The lowest BCUT2D eigenvalue weighted by molar-refractivity contribution is -0.903. The number of ether oxygens (including phenoxy) is 1. The van der Waals surface area contributed by atoms with Gasteiger partial charge in [0, 0.05) is 5.56 Å². The molecule has 0 saturated heterocycles. The zero-order valence-electron chi connectivity index (χ0n) is 13.9. The Morgan fingerprint density at radius 3 is 2.10 bits per heavy atom. The first-order valence-corrected chi connectivity index (χ1v) is 10.7. The molecular formula is C16H28NO2Si+. The average molecular weight is 294 g/mol. The van der Waals surface area contributed by atoms with Crippen molar-refractivity contribution < 1.29 is 14.0 Å². The predicted octanol–water partition coefficient (Wildman–Crippen LogP) is 3.16. The zero-order chi connectivity index (χ0) is 15.6. The van der Waals surface area contributed by atoms with Crippen LogP contribution < -0.4 is 0 Å². The van der Waals surface area contributed by atoms with Gasteiger partial charge in [-0.1, -0.05) is 49.5 Å². The van der Waals surface area contributed by atoms with Gasteiger partial charge in [-0.3, -0.25) is 0 Å². The summed E-state index contributed by atoms with van der Waals surface area (Å²) in [6.07, 6.45) is 1.03. The molecule has 0 spiro atoms. The Morgan fingerprint density at radius 1 is 1.20 bits per heavy atom. The van der Waals surface area contributed by atoms with Crippen LogP contribution in [0.2, 0.25) is 19.6 Å². The molecule has 4 heteroatoms. The van der Waals surface area contributed by atoms with Gasteiger partial charge < -0.3 is 9.22 Å². The summed E-state index contributed by atoms with van der Waals surface area (Å²) < 4.78 is 5.70. The number of carbonyl (C=O) groups excluding carboxylic acids is 1. The van der Waals surface area contributed by atoms with Crippen molar-refractivity contribution in [1.82, 2.24) is 0 Å². The van der Waals surface area contributed by atoms with Crippen molar-refractivity contribution in [3.63, 3.8) is 0 Å². The highest BCUT2D eigenvalue weighted by molar-refractivity contribution is 6.76. The third kappa shape index (κ3) is 4.46. The molecule has 0 aliphatic rings. The molecule has 1 aromatic rings. The molecule has 1 atom stereocenters. The highest BCUT2D eigenvalue weighted by Crippen LogP contribution is 2.28. The number of rotatable bonds is 5. The number of nitrogens with zero attached hydrogens (tertiary/aromatic N) is 1. The number of hydrogen-bond acceptors (Lipinski definition) is 2. The molecule has 20 heavy (non-hydrogen) atoms. The molecule has 1 aromatic carbocycles. The van der Waals surface area contributed by atoms with Crippen LogP contribution in [-0.2, 0) is 9.53 Å². The lowest BCUT2D eigenvalue weighted by atomic mass is 10.0. The summed E-state index contributed by atoms with van der Waals surface area (Å²) >= 11 is 0. The van der Waals surface area contributed by atoms with Gasteiger partial charge in [0.2, 0.25) is 6.04 Å². The molecule has 0 aliphatic carbocycles. The fourth-order valence-corrected chi connectivity index (χ4v) is 5.63. The fraction of sp³-hybridized carbons (Fsp3) is 0.562. The second-order valence-electron chi connectivity index (χ2n) is 7.33. The van der Waals surface area contributed by atoms with Crippen LogP contribution in [0.3, 0.4) is 0 Å². The molecule has 0 N–H and O–H groups in total. The van der Waals surface area contributed by atoms with Gasteiger partial charge in [0.1, 0.15) is 8.07 Å². The van der Waals surface area contributed by atoms with Gasteiger partial charge in [-0.15, -0.1) is 0 Å². The summed E-state index contributed by atoms with van der Waals surface area (Å²) in [5.74, 6) is -0.155. The normalized spacial score (nSPS) is 13.9. The van der Waals surface area contributed by atoms with Crippen LogP contribution in [-0.4, -0.2) is 45.9 Å². The maximum Gasteiger partial charge on any atom is 0.369 e. The molecule has 0 bridgehead atoms. The van der Waals surface area contributed by atoms with Gasteiger partial charge in [-0.2, -0.15) is 0 Å². The Morgan fingerprint density at radius 2 is 1.70 bits per heavy atom. The topological polar surface area (TPSA) is 26.3 Å². The van der Waals surface area contributed by atoms with Crippen molar-refractivity contribution in [2.75, 3.05) is 27.4 Å². The van der Waals surface area contributed by atoms with Crippen LogP contribution in [0.15, 0.2) is 24.3 Å². The van der Waals surface area contributed by atoms with Crippen LogP contribution in [0.1, 0.15) is 17.2 Å². The van der Waals surface area contributed by atoms with Crippen molar-refractivity contribution in [3.8, 4) is 0 Å². The van der Waals surface area contributed by atoms with Gasteiger partial charge in [0.25, 0.3) is 0 Å². The molecule has 112 valence electrons. The monoisotopic (exact) mass is 294 g/mol. The van der Waals surface area contributed by atoms with E-state index in [9.17, 15) is 4.79 Å². The van der Waals surface area contributed by atoms with E-state index in [0.29, 0.717) is 4.48 Å². The highest BCUT2D eigenvalue weighted by Gasteiger charge is 2.40. The molecule has 0 radical (unpaired) electrons. The number of esters is 1. The first-order chi connectivity index (χ1) is 9.07. The Kier molecular flexibility index (Phi) is 5.16. The standard InChI is InChI=1S/C16H28NO2Si/c1-13-8-10-14(11-9-13)15(16(18)19-4)17(2,3)12-20(5,6)7/h8-11,15H,12H2,1-7H3/q+1. The largest absolute Gasteiger partial charge is 0.464 e. The van der Waals surface area contributed by atoms with E-state index in [2.05, 4.69) is 52.8 Å². The summed E-state index contributed by atoms with van der Waals surface area (Å²) in [5, 5.41) is 0. The van der Waals surface area contributed by atoms with E-state index in [1.165, 1.54) is 12.7 Å². The van der Waals surface area contributed by atoms with Gasteiger partial charge >= 0.3 is 5.97 Å². The molecule has 1 unspecified atom stereocenters. The van der Waals surface area contributed by atoms with Crippen molar-refractivity contribution in [2.24, 2.45) is 0 Å². The number of benzene rings is 1. The molecule has 0 aromatic heterocycles. The van der Waals surface area contributed by atoms with Gasteiger partial charge in [-0.05, 0) is 6.92 Å².